The molecular weight excluding hydrogens is 290 g/mol. The Balaban J connectivity index is 4.31. The molecule has 0 radical (unpaired) electrons. The number of ether oxygens (including phenoxy) is 1. The molecule has 0 fully saturated rings. The highest BCUT2D eigenvalue weighted by atomic mass is 16.5. The zero-order valence-corrected chi connectivity index (χ0v) is 15.8. The molecule has 4 nitrogen and oxygen atoms in total. The molecule has 0 amide bonds. The van der Waals surface area contributed by atoms with Gasteiger partial charge in [-0.3, -0.25) is 9.59 Å². The van der Waals surface area contributed by atoms with Crippen molar-refractivity contribution >= 4 is 11.6 Å². The number of ketones is 2. The molecule has 0 aliphatic rings. The second kappa shape index (κ2) is 9.78. The van der Waals surface area contributed by atoms with Gasteiger partial charge >= 0.3 is 0 Å². The van der Waals surface area contributed by atoms with E-state index >= 15 is 0 Å². The molecule has 0 aliphatic heterocycles. The number of likely N-dealkylation sites (N-methyl/N-ethyl adjacent to an activating group) is 1. The highest BCUT2D eigenvalue weighted by Crippen LogP contribution is 2.22. The van der Waals surface area contributed by atoms with Crippen LogP contribution in [-0.2, 0) is 14.3 Å². The van der Waals surface area contributed by atoms with Crippen molar-refractivity contribution in [2.45, 2.75) is 41.0 Å². The molecule has 0 aromatic heterocycles. The number of carbonyl (C=O) groups is 2. The van der Waals surface area contributed by atoms with Gasteiger partial charge in [0.25, 0.3) is 0 Å². The number of carbonyl (C=O) groups excluding carboxylic acids is 2. The van der Waals surface area contributed by atoms with Gasteiger partial charge in [-0.15, -0.1) is 0 Å². The van der Waals surface area contributed by atoms with Gasteiger partial charge in [0.1, 0.15) is 0 Å². The van der Waals surface area contributed by atoms with Crippen LogP contribution in [0.15, 0.2) is 24.3 Å². The Bertz CT molecular complexity index is 442. The Labute approximate surface area is 141 Å². The number of hydrogen-bond donors (Lipinski definition) is 0. The van der Waals surface area contributed by atoms with Gasteiger partial charge in [-0.1, -0.05) is 46.8 Å². The minimum absolute atomic E-state index is 0.112. The van der Waals surface area contributed by atoms with Crippen molar-refractivity contribution < 1.29 is 14.3 Å². The van der Waals surface area contributed by atoms with Gasteiger partial charge in [-0.25, -0.2) is 0 Å². The third-order valence-corrected chi connectivity index (χ3v) is 3.74. The lowest BCUT2D eigenvalue weighted by Crippen LogP contribution is -2.29. The number of allylic oxidation sites excluding steroid dienone is 2. The zero-order valence-electron chi connectivity index (χ0n) is 15.8. The quantitative estimate of drug-likeness (QED) is 0.579. The van der Waals surface area contributed by atoms with Crippen LogP contribution in [0.3, 0.4) is 0 Å². The third kappa shape index (κ3) is 9.47. The van der Waals surface area contributed by atoms with E-state index in [4.69, 9.17) is 4.74 Å². The molecule has 0 heterocycles. The lowest BCUT2D eigenvalue weighted by atomic mass is 9.84. The van der Waals surface area contributed by atoms with Gasteiger partial charge in [-0.05, 0) is 32.2 Å². The topological polar surface area (TPSA) is 46.6 Å². The van der Waals surface area contributed by atoms with Crippen LogP contribution in [0.5, 0.6) is 0 Å². The van der Waals surface area contributed by atoms with Crippen LogP contribution in [-0.4, -0.2) is 50.3 Å². The number of methoxy groups -OCH3 is 1. The van der Waals surface area contributed by atoms with Crippen LogP contribution in [0.2, 0.25) is 0 Å². The molecule has 0 aromatic rings. The van der Waals surface area contributed by atoms with Gasteiger partial charge in [0, 0.05) is 24.5 Å². The first-order valence-electron chi connectivity index (χ1n) is 8.10. The fourth-order valence-electron chi connectivity index (χ4n) is 1.75. The molecule has 0 bridgehead atoms. The number of nitrogens with zero attached hydrogens (tertiary/aromatic N) is 1. The van der Waals surface area contributed by atoms with E-state index in [-0.39, 0.29) is 17.0 Å². The second-order valence-corrected chi connectivity index (χ2v) is 7.63. The Hall–Kier alpha value is -1.26. The lowest BCUT2D eigenvalue weighted by Gasteiger charge is -2.24. The molecule has 0 aromatic carbocycles. The molecule has 0 atom stereocenters. The zero-order chi connectivity index (χ0) is 18.1. The fourth-order valence-corrected chi connectivity index (χ4v) is 1.75. The van der Waals surface area contributed by atoms with Gasteiger partial charge in [0.2, 0.25) is 0 Å². The van der Waals surface area contributed by atoms with E-state index in [1.165, 1.54) is 0 Å². The molecule has 0 spiro atoms. The van der Waals surface area contributed by atoms with Crippen molar-refractivity contribution in [1.29, 1.82) is 0 Å². The average molecular weight is 323 g/mol. The maximum absolute atomic E-state index is 12.1. The summed E-state index contributed by atoms with van der Waals surface area (Å²) in [7, 11) is 3.60. The van der Waals surface area contributed by atoms with Crippen molar-refractivity contribution in [2.75, 3.05) is 33.9 Å². The van der Waals surface area contributed by atoms with Crippen LogP contribution >= 0.6 is 0 Å². The third-order valence-electron chi connectivity index (χ3n) is 3.74. The normalized spacial score (nSPS) is 13.4. The number of rotatable bonds is 10. The summed E-state index contributed by atoms with van der Waals surface area (Å²) in [5.41, 5.74) is -0.735. The van der Waals surface area contributed by atoms with Crippen LogP contribution in [0.25, 0.3) is 0 Å². The van der Waals surface area contributed by atoms with Gasteiger partial charge in [0.15, 0.2) is 11.6 Å². The van der Waals surface area contributed by atoms with Crippen molar-refractivity contribution in [2.24, 2.45) is 10.8 Å². The smallest absolute Gasteiger partial charge is 0.161 e. The Morgan fingerprint density at radius 1 is 1.00 bits per heavy atom. The molecule has 0 aliphatic carbocycles. The Kier molecular flexibility index (Phi) is 9.25. The van der Waals surface area contributed by atoms with Gasteiger partial charge < -0.3 is 9.64 Å². The first-order chi connectivity index (χ1) is 10.5. The summed E-state index contributed by atoms with van der Waals surface area (Å²) in [6.07, 6.45) is 7.65. The first kappa shape index (κ1) is 21.7. The predicted octanol–water partition coefficient (Wildman–Crippen LogP) is 3.28. The molecule has 0 saturated carbocycles. The summed E-state index contributed by atoms with van der Waals surface area (Å²) < 4.78 is 4.91. The molecular formula is C19H33NO3. The highest BCUT2D eigenvalue weighted by Gasteiger charge is 2.25. The van der Waals surface area contributed by atoms with Gasteiger partial charge in [-0.2, -0.15) is 0 Å². The maximum atomic E-state index is 12.1. The van der Waals surface area contributed by atoms with E-state index < -0.39 is 5.41 Å². The van der Waals surface area contributed by atoms with E-state index in [2.05, 4.69) is 4.90 Å². The monoisotopic (exact) mass is 323 g/mol. The summed E-state index contributed by atoms with van der Waals surface area (Å²) in [6.45, 7) is 11.6. The number of hydrogen-bond acceptors (Lipinski definition) is 4. The summed E-state index contributed by atoms with van der Waals surface area (Å²) >= 11 is 0. The highest BCUT2D eigenvalue weighted by molar-refractivity contribution is 5.94. The summed E-state index contributed by atoms with van der Waals surface area (Å²) in [5.74, 6) is 0.242. The van der Waals surface area contributed by atoms with Crippen LogP contribution in [0.1, 0.15) is 41.0 Å². The summed E-state index contributed by atoms with van der Waals surface area (Å²) in [4.78, 5) is 26.1. The first-order valence-corrected chi connectivity index (χ1v) is 8.10. The van der Waals surface area contributed by atoms with E-state index in [0.29, 0.717) is 13.2 Å². The van der Waals surface area contributed by atoms with Crippen LogP contribution in [0, 0.1) is 10.8 Å². The summed E-state index contributed by atoms with van der Waals surface area (Å²) in [6, 6.07) is 0. The SMILES string of the molecule is COC/C=C/C(=O)C(C)(C)CCN(C)C/C=C/C(=O)C(C)(C)C. The van der Waals surface area contributed by atoms with E-state index in [9.17, 15) is 9.59 Å². The van der Waals surface area contributed by atoms with Crippen LogP contribution in [0.4, 0.5) is 0 Å². The average Bonchev–Trinajstić information content (AvgIpc) is 2.44. The van der Waals surface area contributed by atoms with E-state index in [1.54, 1.807) is 25.3 Å². The van der Waals surface area contributed by atoms with E-state index in [1.807, 2.05) is 47.7 Å². The molecule has 0 rings (SSSR count). The lowest BCUT2D eigenvalue weighted by molar-refractivity contribution is -0.122. The largest absolute Gasteiger partial charge is 0.381 e. The molecule has 4 heteroatoms. The predicted molar refractivity (Wildman–Crippen MR) is 95.5 cm³/mol. The van der Waals surface area contributed by atoms with Crippen LogP contribution < -0.4 is 0 Å². The minimum Gasteiger partial charge on any atom is -0.381 e. The molecule has 23 heavy (non-hydrogen) atoms. The summed E-state index contributed by atoms with van der Waals surface area (Å²) in [5, 5.41) is 0. The molecule has 0 unspecified atom stereocenters. The standard InChI is InChI=1S/C19H33NO3/c1-18(2,3)16(21)10-8-13-20(6)14-12-19(4,5)17(22)11-9-15-23-7/h8-11H,12-15H2,1-7H3/b10-8+,11-9+. The minimum atomic E-state index is -0.399. The molecule has 0 N–H and O–H groups in total. The second-order valence-electron chi connectivity index (χ2n) is 7.63. The Morgan fingerprint density at radius 2 is 1.57 bits per heavy atom. The van der Waals surface area contributed by atoms with E-state index in [0.717, 1.165) is 13.0 Å². The molecule has 0 saturated heterocycles. The maximum Gasteiger partial charge on any atom is 0.161 e. The Morgan fingerprint density at radius 3 is 2.09 bits per heavy atom. The van der Waals surface area contributed by atoms with Crippen molar-refractivity contribution in [3.8, 4) is 0 Å². The van der Waals surface area contributed by atoms with Crippen molar-refractivity contribution in [3.63, 3.8) is 0 Å². The van der Waals surface area contributed by atoms with Crippen molar-refractivity contribution in [3.05, 3.63) is 24.3 Å². The van der Waals surface area contributed by atoms with Crippen molar-refractivity contribution in [1.82, 2.24) is 4.90 Å². The van der Waals surface area contributed by atoms with Gasteiger partial charge in [0.05, 0.1) is 6.61 Å². The fraction of sp³-hybridized carbons (Fsp3) is 0.684. The molecule has 132 valence electrons.